The molecule has 20 heavy (non-hydrogen) atoms. The first-order valence-corrected chi connectivity index (χ1v) is 6.87. The first kappa shape index (κ1) is 14.5. The second kappa shape index (κ2) is 5.61. The Hall–Kier alpha value is -1.91. The summed E-state index contributed by atoms with van der Waals surface area (Å²) >= 11 is 3.87. The van der Waals surface area contributed by atoms with Gasteiger partial charge in [0.05, 0.1) is 23.0 Å². The molecular weight excluding hydrogens is 349 g/mol. The van der Waals surface area contributed by atoms with E-state index in [0.717, 1.165) is 11.3 Å². The predicted molar refractivity (Wildman–Crippen MR) is 77.2 cm³/mol. The van der Waals surface area contributed by atoms with Gasteiger partial charge in [0.1, 0.15) is 10.6 Å². The molecule has 0 fully saturated rings. The van der Waals surface area contributed by atoms with Gasteiger partial charge in [-0.25, -0.2) is 14.0 Å². The second-order valence-electron chi connectivity index (χ2n) is 3.69. The third-order valence-corrected chi connectivity index (χ3v) is 4.76. The number of thiophene rings is 1. The van der Waals surface area contributed by atoms with Gasteiger partial charge in [0, 0.05) is 0 Å². The number of carbonyl (C=O) groups is 1. The van der Waals surface area contributed by atoms with Gasteiger partial charge in [0.2, 0.25) is 5.69 Å². The van der Waals surface area contributed by atoms with Gasteiger partial charge in [-0.3, -0.25) is 0 Å². The van der Waals surface area contributed by atoms with Crippen molar-refractivity contribution in [2.45, 2.75) is 0 Å². The Balaban J connectivity index is 2.61. The molecule has 0 aliphatic heterocycles. The van der Waals surface area contributed by atoms with E-state index in [1.54, 1.807) is 12.1 Å². The Morgan fingerprint density at radius 2 is 2.25 bits per heavy atom. The van der Waals surface area contributed by atoms with Crippen LogP contribution in [0.4, 0.5) is 10.1 Å². The van der Waals surface area contributed by atoms with Crippen molar-refractivity contribution < 1.29 is 19.0 Å². The molecule has 1 heterocycles. The fourth-order valence-electron chi connectivity index (χ4n) is 1.63. The van der Waals surface area contributed by atoms with E-state index in [-0.39, 0.29) is 15.0 Å². The van der Waals surface area contributed by atoms with Gasteiger partial charge in [-0.15, -0.1) is 11.3 Å². The van der Waals surface area contributed by atoms with E-state index >= 15 is 0 Å². The van der Waals surface area contributed by atoms with Crippen molar-refractivity contribution >= 4 is 38.9 Å². The SMILES string of the molecule is [C-]#[N+]c1cc(-c2sc(C(=O)O)c(F)c2Br)ccc1OC. The van der Waals surface area contributed by atoms with Gasteiger partial charge >= 0.3 is 5.97 Å². The zero-order chi connectivity index (χ0) is 14.9. The molecule has 2 aromatic rings. The molecule has 4 nitrogen and oxygen atoms in total. The van der Waals surface area contributed by atoms with E-state index in [1.807, 2.05) is 0 Å². The molecule has 7 heteroatoms. The van der Waals surface area contributed by atoms with Gasteiger partial charge in [-0.1, -0.05) is 6.07 Å². The van der Waals surface area contributed by atoms with Gasteiger partial charge in [0.15, 0.2) is 5.82 Å². The maximum atomic E-state index is 13.8. The van der Waals surface area contributed by atoms with E-state index < -0.39 is 11.8 Å². The molecule has 0 saturated carbocycles. The summed E-state index contributed by atoms with van der Waals surface area (Å²) in [5.74, 6) is -1.72. The van der Waals surface area contributed by atoms with Crippen molar-refractivity contribution in [1.29, 1.82) is 0 Å². The quantitative estimate of drug-likeness (QED) is 0.820. The topological polar surface area (TPSA) is 50.9 Å². The van der Waals surface area contributed by atoms with Crippen LogP contribution in [0.2, 0.25) is 0 Å². The van der Waals surface area contributed by atoms with Crippen LogP contribution in [-0.2, 0) is 0 Å². The first-order valence-electron chi connectivity index (χ1n) is 5.26. The molecular formula is C13H7BrFNO3S. The zero-order valence-corrected chi connectivity index (χ0v) is 12.5. The number of halogens is 2. The number of rotatable bonds is 3. The number of hydrogen-bond acceptors (Lipinski definition) is 3. The van der Waals surface area contributed by atoms with E-state index in [1.165, 1.54) is 13.2 Å². The molecule has 1 aromatic heterocycles. The second-order valence-corrected chi connectivity index (χ2v) is 5.51. The minimum atomic E-state index is -1.32. The third-order valence-electron chi connectivity index (χ3n) is 2.55. The summed E-state index contributed by atoms with van der Waals surface area (Å²) in [5, 5.41) is 8.91. The number of carboxylic acid groups (broad SMARTS) is 1. The fourth-order valence-corrected chi connectivity index (χ4v) is 3.34. The number of carboxylic acids is 1. The standard InChI is InChI=1S/C13H7BrFNO3S/c1-16-7-5-6(3-4-8(7)19-2)11-9(14)10(15)12(20-11)13(17)18/h3-5H,2H3,(H,17,18). The first-order chi connectivity index (χ1) is 9.49. The minimum Gasteiger partial charge on any atom is -0.508 e. The van der Waals surface area contributed by atoms with Crippen LogP contribution < -0.4 is 4.74 Å². The number of ether oxygens (including phenoxy) is 1. The Kier molecular flexibility index (Phi) is 4.06. The molecule has 0 amide bonds. The molecule has 0 unspecified atom stereocenters. The predicted octanol–water partition coefficient (Wildman–Crippen LogP) is 4.57. The summed E-state index contributed by atoms with van der Waals surface area (Å²) in [6, 6.07) is 4.77. The maximum absolute atomic E-state index is 13.8. The summed E-state index contributed by atoms with van der Waals surface area (Å²) < 4.78 is 18.9. The highest BCUT2D eigenvalue weighted by Crippen LogP contribution is 2.42. The van der Waals surface area contributed by atoms with Gasteiger partial charge in [-0.2, -0.15) is 0 Å². The lowest BCUT2D eigenvalue weighted by atomic mass is 10.1. The van der Waals surface area contributed by atoms with E-state index in [2.05, 4.69) is 20.8 Å². The Labute approximate surface area is 126 Å². The van der Waals surface area contributed by atoms with Crippen LogP contribution in [0.25, 0.3) is 15.3 Å². The molecule has 102 valence electrons. The third kappa shape index (κ3) is 2.40. The van der Waals surface area contributed by atoms with Crippen LogP contribution in [0.5, 0.6) is 5.75 Å². The average molecular weight is 356 g/mol. The normalized spacial score (nSPS) is 10.1. The number of benzene rings is 1. The van der Waals surface area contributed by atoms with E-state index in [0.29, 0.717) is 16.2 Å². The summed E-state index contributed by atoms with van der Waals surface area (Å²) in [4.78, 5) is 14.3. The number of aromatic carboxylic acids is 1. The van der Waals surface area contributed by atoms with Crippen LogP contribution in [-0.4, -0.2) is 18.2 Å². The number of methoxy groups -OCH3 is 1. The molecule has 2 rings (SSSR count). The lowest BCUT2D eigenvalue weighted by molar-refractivity contribution is 0.0697. The number of nitrogens with zero attached hydrogens (tertiary/aromatic N) is 1. The monoisotopic (exact) mass is 355 g/mol. The Morgan fingerprint density at radius 3 is 2.75 bits per heavy atom. The molecule has 0 radical (unpaired) electrons. The molecule has 1 N–H and O–H groups in total. The average Bonchev–Trinajstić information content (AvgIpc) is 2.74. The molecule has 0 saturated heterocycles. The fraction of sp³-hybridized carbons (Fsp3) is 0.0769. The number of hydrogen-bond donors (Lipinski definition) is 1. The highest BCUT2D eigenvalue weighted by atomic mass is 79.9. The molecule has 0 atom stereocenters. The largest absolute Gasteiger partial charge is 0.508 e. The van der Waals surface area contributed by atoms with Crippen molar-refractivity contribution in [2.75, 3.05) is 7.11 Å². The van der Waals surface area contributed by atoms with Crippen LogP contribution in [0, 0.1) is 12.4 Å². The summed E-state index contributed by atoms with van der Waals surface area (Å²) in [5.41, 5.74) is 0.836. The summed E-state index contributed by atoms with van der Waals surface area (Å²) in [7, 11) is 1.45. The summed E-state index contributed by atoms with van der Waals surface area (Å²) in [6.07, 6.45) is 0. The molecule has 0 aliphatic rings. The smallest absolute Gasteiger partial charge is 0.348 e. The highest BCUT2D eigenvalue weighted by molar-refractivity contribution is 9.10. The van der Waals surface area contributed by atoms with Crippen molar-refractivity contribution in [3.8, 4) is 16.2 Å². The van der Waals surface area contributed by atoms with Gasteiger partial charge < -0.3 is 9.84 Å². The maximum Gasteiger partial charge on any atom is 0.348 e. The van der Waals surface area contributed by atoms with Crippen molar-refractivity contribution in [2.24, 2.45) is 0 Å². The van der Waals surface area contributed by atoms with Gasteiger partial charge in [0.25, 0.3) is 0 Å². The molecule has 1 aromatic carbocycles. The molecule has 0 bridgehead atoms. The van der Waals surface area contributed by atoms with E-state index in [4.69, 9.17) is 16.4 Å². The van der Waals surface area contributed by atoms with E-state index in [9.17, 15) is 9.18 Å². The summed E-state index contributed by atoms with van der Waals surface area (Å²) in [6.45, 7) is 7.08. The highest BCUT2D eigenvalue weighted by Gasteiger charge is 2.22. The van der Waals surface area contributed by atoms with Crippen molar-refractivity contribution in [1.82, 2.24) is 0 Å². The van der Waals surface area contributed by atoms with Crippen LogP contribution in [0.15, 0.2) is 22.7 Å². The Bertz CT molecular complexity index is 736. The van der Waals surface area contributed by atoms with Crippen LogP contribution in [0.3, 0.4) is 0 Å². The van der Waals surface area contributed by atoms with Crippen LogP contribution >= 0.6 is 27.3 Å². The Morgan fingerprint density at radius 1 is 1.55 bits per heavy atom. The van der Waals surface area contributed by atoms with Gasteiger partial charge in [-0.05, 0) is 33.6 Å². The lowest BCUT2D eigenvalue weighted by Gasteiger charge is -2.05. The minimum absolute atomic E-state index is 0.0843. The lowest BCUT2D eigenvalue weighted by Crippen LogP contribution is -1.94. The zero-order valence-electron chi connectivity index (χ0n) is 10.1. The van der Waals surface area contributed by atoms with Crippen LogP contribution in [0.1, 0.15) is 9.67 Å². The van der Waals surface area contributed by atoms with Crippen molar-refractivity contribution in [3.63, 3.8) is 0 Å². The molecule has 0 aliphatic carbocycles. The molecule has 0 spiro atoms. The van der Waals surface area contributed by atoms with Crippen molar-refractivity contribution in [3.05, 3.63) is 44.8 Å².